The number of fused-ring (bicyclic) bond motifs is 2. The van der Waals surface area contributed by atoms with E-state index in [0.29, 0.717) is 34.0 Å². The minimum Gasteiger partial charge on any atom is -0.481 e. The van der Waals surface area contributed by atoms with E-state index in [4.69, 9.17) is 9.52 Å². The number of carbonyl (C=O) groups is 1. The molecule has 0 unspecified atom stereocenters. The Hall–Kier alpha value is -2.66. The molecule has 3 aromatic rings. The van der Waals surface area contributed by atoms with Crippen molar-refractivity contribution in [2.45, 2.75) is 19.9 Å². The van der Waals surface area contributed by atoms with E-state index in [1.807, 2.05) is 20.0 Å². The summed E-state index contributed by atoms with van der Waals surface area (Å²) in [4.78, 5) is 23.8. The minimum atomic E-state index is -0.957. The molecule has 3 rings (SSSR count). The molecular formula is C18H17NO4. The molecule has 5 heteroatoms. The van der Waals surface area contributed by atoms with Crippen molar-refractivity contribution in [3.8, 4) is 0 Å². The van der Waals surface area contributed by atoms with Gasteiger partial charge in [-0.25, -0.2) is 0 Å². The van der Waals surface area contributed by atoms with E-state index < -0.39 is 5.97 Å². The SMILES string of the molecule is CNCc1ccc2c(=O)c3cccc(CC(=O)O)c3oc2c1C. The highest BCUT2D eigenvalue weighted by atomic mass is 16.4. The van der Waals surface area contributed by atoms with Crippen molar-refractivity contribution in [1.82, 2.24) is 5.32 Å². The predicted octanol–water partition coefficient (Wildman–Crippen LogP) is 2.60. The number of aryl methyl sites for hydroxylation is 1. The maximum absolute atomic E-state index is 12.7. The Morgan fingerprint density at radius 2 is 1.87 bits per heavy atom. The maximum Gasteiger partial charge on any atom is 0.307 e. The number of rotatable bonds is 4. The Labute approximate surface area is 132 Å². The van der Waals surface area contributed by atoms with Crippen LogP contribution >= 0.6 is 0 Å². The molecule has 1 aromatic heterocycles. The van der Waals surface area contributed by atoms with Crippen molar-refractivity contribution < 1.29 is 14.3 Å². The Kier molecular flexibility index (Phi) is 3.88. The second kappa shape index (κ2) is 5.85. The summed E-state index contributed by atoms with van der Waals surface area (Å²) in [7, 11) is 1.85. The number of carboxylic acids is 1. The molecule has 0 aliphatic carbocycles. The molecule has 0 radical (unpaired) electrons. The highest BCUT2D eigenvalue weighted by Crippen LogP contribution is 2.26. The van der Waals surface area contributed by atoms with Gasteiger partial charge in [-0.05, 0) is 37.2 Å². The summed E-state index contributed by atoms with van der Waals surface area (Å²) in [5, 5.41) is 13.1. The van der Waals surface area contributed by atoms with E-state index in [2.05, 4.69) is 5.32 Å². The normalized spacial score (nSPS) is 11.2. The number of aliphatic carboxylic acids is 1. The third-order valence-corrected chi connectivity index (χ3v) is 4.02. The molecule has 1 heterocycles. The number of para-hydroxylation sites is 1. The Bertz CT molecular complexity index is 972. The van der Waals surface area contributed by atoms with Crippen LogP contribution in [0.5, 0.6) is 0 Å². The van der Waals surface area contributed by atoms with Crippen molar-refractivity contribution in [1.29, 1.82) is 0 Å². The summed E-state index contributed by atoms with van der Waals surface area (Å²) >= 11 is 0. The zero-order chi connectivity index (χ0) is 16.6. The standard InChI is InChI=1S/C18H17NO4/c1-10-12(9-19-2)6-7-14-16(22)13-5-3-4-11(8-15(20)21)18(13)23-17(10)14/h3-7,19H,8-9H2,1-2H3,(H,20,21). The monoisotopic (exact) mass is 311 g/mol. The summed E-state index contributed by atoms with van der Waals surface area (Å²) < 4.78 is 5.99. The van der Waals surface area contributed by atoms with Gasteiger partial charge >= 0.3 is 5.97 Å². The van der Waals surface area contributed by atoms with E-state index in [1.165, 1.54) is 0 Å². The molecule has 2 aromatic carbocycles. The molecule has 0 bridgehead atoms. The topological polar surface area (TPSA) is 79.5 Å². The van der Waals surface area contributed by atoms with E-state index in [-0.39, 0.29) is 11.8 Å². The molecule has 118 valence electrons. The highest BCUT2D eigenvalue weighted by molar-refractivity contribution is 5.93. The molecule has 0 saturated heterocycles. The fourth-order valence-electron chi connectivity index (χ4n) is 2.86. The van der Waals surface area contributed by atoms with Crippen LogP contribution in [0.1, 0.15) is 16.7 Å². The first-order valence-corrected chi connectivity index (χ1v) is 7.36. The smallest absolute Gasteiger partial charge is 0.307 e. The lowest BCUT2D eigenvalue weighted by Crippen LogP contribution is -2.09. The summed E-state index contributed by atoms with van der Waals surface area (Å²) in [5.74, 6) is -0.957. The van der Waals surface area contributed by atoms with Gasteiger partial charge < -0.3 is 14.8 Å². The average Bonchev–Trinajstić information content (AvgIpc) is 2.51. The van der Waals surface area contributed by atoms with Gasteiger partial charge in [-0.3, -0.25) is 9.59 Å². The van der Waals surface area contributed by atoms with E-state index in [1.54, 1.807) is 24.3 Å². The average molecular weight is 311 g/mol. The third-order valence-electron chi connectivity index (χ3n) is 4.02. The number of carboxylic acid groups (broad SMARTS) is 1. The van der Waals surface area contributed by atoms with Gasteiger partial charge in [0.15, 0.2) is 0 Å². The van der Waals surface area contributed by atoms with Crippen LogP contribution in [0, 0.1) is 6.92 Å². The molecule has 0 aliphatic rings. The molecule has 0 spiro atoms. The molecule has 0 amide bonds. The van der Waals surface area contributed by atoms with Gasteiger partial charge in [0.2, 0.25) is 5.43 Å². The molecule has 23 heavy (non-hydrogen) atoms. The molecule has 0 atom stereocenters. The summed E-state index contributed by atoms with van der Waals surface area (Å²) in [6.45, 7) is 2.57. The zero-order valence-electron chi connectivity index (χ0n) is 13.0. The summed E-state index contributed by atoms with van der Waals surface area (Å²) in [6, 6.07) is 8.72. The molecule has 0 aliphatic heterocycles. The fraction of sp³-hybridized carbons (Fsp3) is 0.222. The van der Waals surface area contributed by atoms with Gasteiger partial charge in [-0.1, -0.05) is 18.2 Å². The van der Waals surface area contributed by atoms with Crippen molar-refractivity contribution in [3.63, 3.8) is 0 Å². The first kappa shape index (κ1) is 15.2. The Morgan fingerprint density at radius 3 is 2.57 bits per heavy atom. The van der Waals surface area contributed by atoms with Crippen LogP contribution in [-0.2, 0) is 17.8 Å². The summed E-state index contributed by atoms with van der Waals surface area (Å²) in [5.41, 5.74) is 3.18. The lowest BCUT2D eigenvalue weighted by molar-refractivity contribution is -0.136. The number of hydrogen-bond acceptors (Lipinski definition) is 4. The number of benzene rings is 2. The maximum atomic E-state index is 12.7. The van der Waals surface area contributed by atoms with Gasteiger partial charge in [0, 0.05) is 12.1 Å². The quantitative estimate of drug-likeness (QED) is 0.724. The first-order chi connectivity index (χ1) is 11.0. The molecule has 5 nitrogen and oxygen atoms in total. The largest absolute Gasteiger partial charge is 0.481 e. The minimum absolute atomic E-state index is 0.132. The van der Waals surface area contributed by atoms with E-state index in [9.17, 15) is 9.59 Å². The fourth-order valence-corrected chi connectivity index (χ4v) is 2.86. The van der Waals surface area contributed by atoms with Crippen LogP contribution in [0.3, 0.4) is 0 Å². The van der Waals surface area contributed by atoms with Crippen molar-refractivity contribution in [3.05, 3.63) is 57.2 Å². The van der Waals surface area contributed by atoms with E-state index in [0.717, 1.165) is 11.1 Å². The zero-order valence-corrected chi connectivity index (χ0v) is 13.0. The van der Waals surface area contributed by atoms with Gasteiger partial charge in [-0.2, -0.15) is 0 Å². The lowest BCUT2D eigenvalue weighted by Gasteiger charge is -2.10. The number of nitrogens with one attached hydrogen (secondary N) is 1. The van der Waals surface area contributed by atoms with Crippen LogP contribution in [0.25, 0.3) is 21.9 Å². The van der Waals surface area contributed by atoms with Gasteiger partial charge in [-0.15, -0.1) is 0 Å². The molecular weight excluding hydrogens is 294 g/mol. The summed E-state index contributed by atoms with van der Waals surface area (Å²) in [6.07, 6.45) is -0.180. The second-order valence-corrected chi connectivity index (χ2v) is 5.55. The predicted molar refractivity (Wildman–Crippen MR) is 88.8 cm³/mol. The van der Waals surface area contributed by atoms with Gasteiger partial charge in [0.05, 0.1) is 17.2 Å². The van der Waals surface area contributed by atoms with Crippen LogP contribution in [0.15, 0.2) is 39.5 Å². The van der Waals surface area contributed by atoms with Crippen molar-refractivity contribution >= 4 is 27.9 Å². The van der Waals surface area contributed by atoms with Gasteiger partial charge in [0.1, 0.15) is 11.2 Å². The third kappa shape index (κ3) is 2.59. The molecule has 2 N–H and O–H groups in total. The second-order valence-electron chi connectivity index (χ2n) is 5.55. The van der Waals surface area contributed by atoms with Crippen LogP contribution in [0.2, 0.25) is 0 Å². The highest BCUT2D eigenvalue weighted by Gasteiger charge is 2.15. The lowest BCUT2D eigenvalue weighted by atomic mass is 10.0. The molecule has 0 fully saturated rings. The molecule has 0 saturated carbocycles. The Balaban J connectivity index is 2.39. The van der Waals surface area contributed by atoms with Crippen molar-refractivity contribution in [2.75, 3.05) is 7.05 Å². The Morgan fingerprint density at radius 1 is 1.13 bits per heavy atom. The first-order valence-electron chi connectivity index (χ1n) is 7.36. The van der Waals surface area contributed by atoms with E-state index >= 15 is 0 Å². The van der Waals surface area contributed by atoms with Crippen molar-refractivity contribution in [2.24, 2.45) is 0 Å². The number of hydrogen-bond donors (Lipinski definition) is 2. The van der Waals surface area contributed by atoms with Crippen LogP contribution < -0.4 is 10.7 Å². The van der Waals surface area contributed by atoms with Gasteiger partial charge in [0.25, 0.3) is 0 Å². The van der Waals surface area contributed by atoms with Crippen LogP contribution in [0.4, 0.5) is 0 Å². The van der Waals surface area contributed by atoms with Crippen LogP contribution in [-0.4, -0.2) is 18.1 Å².